The summed E-state index contributed by atoms with van der Waals surface area (Å²) < 4.78 is 0. The molecule has 3 N–H and O–H groups in total. The fraction of sp³-hybridized carbons (Fsp3) is 0.429. The molecule has 1 rings (SSSR count). The van der Waals surface area contributed by atoms with Crippen LogP contribution in [-0.4, -0.2) is 39.5 Å². The summed E-state index contributed by atoms with van der Waals surface area (Å²) in [6.07, 6.45) is 3.37. The van der Waals surface area contributed by atoms with Crippen LogP contribution in [0.4, 0.5) is 0 Å². The van der Waals surface area contributed by atoms with Gasteiger partial charge in [-0.2, -0.15) is 5.26 Å². The molecule has 7 nitrogen and oxygen atoms in total. The van der Waals surface area contributed by atoms with E-state index in [9.17, 15) is 9.59 Å². The van der Waals surface area contributed by atoms with Gasteiger partial charge in [-0.25, -0.2) is 0 Å². The van der Waals surface area contributed by atoms with Crippen molar-refractivity contribution in [2.45, 2.75) is 31.8 Å². The molecular formula is C14H18N4O3. The lowest BCUT2D eigenvalue weighted by Gasteiger charge is -2.24. The first-order valence-corrected chi connectivity index (χ1v) is 6.56. The van der Waals surface area contributed by atoms with Gasteiger partial charge in [0, 0.05) is 31.9 Å². The molecule has 7 heteroatoms. The number of nitrogens with two attached hydrogens (primary N) is 1. The van der Waals surface area contributed by atoms with Gasteiger partial charge in [0.2, 0.25) is 5.91 Å². The van der Waals surface area contributed by atoms with Gasteiger partial charge in [0.1, 0.15) is 0 Å². The molecule has 1 atom stereocenters. The first kappa shape index (κ1) is 16.6. The minimum Gasteiger partial charge on any atom is -0.481 e. The maximum Gasteiger partial charge on any atom is 0.303 e. The van der Waals surface area contributed by atoms with Crippen molar-refractivity contribution in [1.29, 1.82) is 5.26 Å². The van der Waals surface area contributed by atoms with Crippen molar-refractivity contribution in [3.8, 4) is 6.07 Å². The van der Waals surface area contributed by atoms with Gasteiger partial charge in [-0.05, 0) is 18.1 Å². The zero-order valence-corrected chi connectivity index (χ0v) is 11.6. The highest BCUT2D eigenvalue weighted by Crippen LogP contribution is 2.08. The van der Waals surface area contributed by atoms with Gasteiger partial charge in [0.05, 0.1) is 18.5 Å². The highest BCUT2D eigenvalue weighted by atomic mass is 16.4. The van der Waals surface area contributed by atoms with Crippen LogP contribution in [-0.2, 0) is 16.1 Å². The third-order valence-electron chi connectivity index (χ3n) is 2.89. The predicted octanol–water partition coefficient (Wildman–Crippen LogP) is 0.516. The van der Waals surface area contributed by atoms with Crippen molar-refractivity contribution in [2.75, 3.05) is 6.54 Å². The number of hydrogen-bond donors (Lipinski definition) is 2. The second-order valence-corrected chi connectivity index (χ2v) is 4.57. The van der Waals surface area contributed by atoms with Crippen molar-refractivity contribution < 1.29 is 14.7 Å². The summed E-state index contributed by atoms with van der Waals surface area (Å²) >= 11 is 0. The van der Waals surface area contributed by atoms with Gasteiger partial charge in [0.25, 0.3) is 0 Å². The number of aliphatic carboxylic acids is 1. The lowest BCUT2D eigenvalue weighted by molar-refractivity contribution is -0.137. The van der Waals surface area contributed by atoms with Gasteiger partial charge >= 0.3 is 5.97 Å². The minimum absolute atomic E-state index is 0.0737. The van der Waals surface area contributed by atoms with Gasteiger partial charge in [-0.1, -0.05) is 6.07 Å². The second kappa shape index (κ2) is 8.66. The Hall–Kier alpha value is -2.46. The molecule has 0 saturated heterocycles. The Bertz CT molecular complexity index is 513. The van der Waals surface area contributed by atoms with Crippen molar-refractivity contribution in [3.05, 3.63) is 30.1 Å². The maximum atomic E-state index is 12.2. The summed E-state index contributed by atoms with van der Waals surface area (Å²) in [7, 11) is 0. The molecular weight excluding hydrogens is 272 g/mol. The number of nitriles is 1. The van der Waals surface area contributed by atoms with Crippen LogP contribution in [0.1, 0.15) is 24.8 Å². The number of carboxylic acid groups (broad SMARTS) is 1. The topological polar surface area (TPSA) is 120 Å². The number of pyridine rings is 1. The first-order chi connectivity index (χ1) is 10.0. The average Bonchev–Trinajstić information content (AvgIpc) is 2.49. The fourth-order valence-corrected chi connectivity index (χ4v) is 1.80. The van der Waals surface area contributed by atoms with E-state index in [2.05, 4.69) is 4.98 Å². The summed E-state index contributed by atoms with van der Waals surface area (Å²) in [5.41, 5.74) is 6.57. The molecule has 1 aromatic heterocycles. The molecule has 0 aliphatic heterocycles. The molecule has 1 heterocycles. The molecule has 0 aromatic carbocycles. The summed E-state index contributed by atoms with van der Waals surface area (Å²) in [6.45, 7) is 0.556. The molecule has 0 spiro atoms. The summed E-state index contributed by atoms with van der Waals surface area (Å²) in [5, 5.41) is 17.3. The number of hydrogen-bond acceptors (Lipinski definition) is 5. The molecule has 21 heavy (non-hydrogen) atoms. The van der Waals surface area contributed by atoms with E-state index >= 15 is 0 Å². The molecule has 1 unspecified atom stereocenters. The third kappa shape index (κ3) is 6.01. The van der Waals surface area contributed by atoms with Crippen molar-refractivity contribution in [3.63, 3.8) is 0 Å². The summed E-state index contributed by atoms with van der Waals surface area (Å²) in [6, 6.07) is 4.68. The maximum absolute atomic E-state index is 12.2. The monoisotopic (exact) mass is 290 g/mol. The molecule has 0 radical (unpaired) electrons. The molecule has 0 aliphatic rings. The first-order valence-electron chi connectivity index (χ1n) is 6.56. The number of carboxylic acids is 1. The van der Waals surface area contributed by atoms with E-state index in [4.69, 9.17) is 16.1 Å². The Labute approximate surface area is 123 Å². The number of carbonyl (C=O) groups is 2. The summed E-state index contributed by atoms with van der Waals surface area (Å²) in [4.78, 5) is 28.2. The molecule has 0 aliphatic carbocycles. The Kier molecular flexibility index (Phi) is 6.84. The number of aromatic nitrogens is 1. The van der Waals surface area contributed by atoms with Gasteiger partial charge in [-0.3, -0.25) is 14.6 Å². The van der Waals surface area contributed by atoms with Crippen LogP contribution in [0.2, 0.25) is 0 Å². The van der Waals surface area contributed by atoms with Gasteiger partial charge in [0.15, 0.2) is 0 Å². The molecule has 1 amide bonds. The highest BCUT2D eigenvalue weighted by Gasteiger charge is 2.21. The molecule has 0 saturated carbocycles. The number of carbonyl (C=O) groups excluding carboxylic acids is 1. The second-order valence-electron chi connectivity index (χ2n) is 4.57. The van der Waals surface area contributed by atoms with Crippen LogP contribution in [0.25, 0.3) is 0 Å². The zero-order valence-electron chi connectivity index (χ0n) is 11.6. The van der Waals surface area contributed by atoms with Crippen LogP contribution < -0.4 is 5.73 Å². The van der Waals surface area contributed by atoms with Crippen LogP contribution in [0.5, 0.6) is 0 Å². The van der Waals surface area contributed by atoms with Crippen LogP contribution in [0.3, 0.4) is 0 Å². The van der Waals surface area contributed by atoms with Crippen LogP contribution >= 0.6 is 0 Å². The smallest absolute Gasteiger partial charge is 0.303 e. The van der Waals surface area contributed by atoms with E-state index in [-0.39, 0.29) is 31.7 Å². The minimum atomic E-state index is -0.992. The fourth-order valence-electron chi connectivity index (χ4n) is 1.80. The molecule has 0 fully saturated rings. The average molecular weight is 290 g/mol. The van der Waals surface area contributed by atoms with Gasteiger partial charge in [-0.15, -0.1) is 0 Å². The Balaban J connectivity index is 2.69. The van der Waals surface area contributed by atoms with E-state index in [1.54, 1.807) is 18.5 Å². The highest BCUT2D eigenvalue weighted by molar-refractivity contribution is 5.82. The lowest BCUT2D eigenvalue weighted by atomic mass is 10.1. The Morgan fingerprint density at radius 1 is 1.52 bits per heavy atom. The van der Waals surface area contributed by atoms with E-state index in [0.717, 1.165) is 5.56 Å². The number of rotatable bonds is 8. The molecule has 0 bridgehead atoms. The van der Waals surface area contributed by atoms with E-state index in [1.165, 1.54) is 4.90 Å². The SMILES string of the molecule is N#CCCN(Cc1cccnc1)C(=O)C(N)CCC(=O)O. The normalized spacial score (nSPS) is 11.4. The number of amides is 1. The number of nitrogens with zero attached hydrogens (tertiary/aromatic N) is 3. The largest absolute Gasteiger partial charge is 0.481 e. The summed E-state index contributed by atoms with van der Waals surface area (Å²) in [5.74, 6) is -1.34. The zero-order chi connectivity index (χ0) is 15.7. The molecule has 1 aromatic rings. The van der Waals surface area contributed by atoms with Crippen molar-refractivity contribution in [2.24, 2.45) is 5.73 Å². The van der Waals surface area contributed by atoms with E-state index in [1.807, 2.05) is 12.1 Å². The standard InChI is InChI=1S/C14H18N4O3/c15-6-2-8-18(10-11-3-1-7-17-9-11)14(21)12(16)4-5-13(19)20/h1,3,7,9,12H,2,4-5,8,10,16H2,(H,19,20). The van der Waals surface area contributed by atoms with Crippen LogP contribution in [0, 0.1) is 11.3 Å². The predicted molar refractivity (Wildman–Crippen MR) is 74.7 cm³/mol. The Morgan fingerprint density at radius 2 is 2.29 bits per heavy atom. The van der Waals surface area contributed by atoms with E-state index < -0.39 is 12.0 Å². The van der Waals surface area contributed by atoms with Crippen molar-refractivity contribution in [1.82, 2.24) is 9.88 Å². The van der Waals surface area contributed by atoms with Crippen molar-refractivity contribution >= 4 is 11.9 Å². The van der Waals surface area contributed by atoms with Crippen LogP contribution in [0.15, 0.2) is 24.5 Å². The third-order valence-corrected chi connectivity index (χ3v) is 2.89. The quantitative estimate of drug-likeness (QED) is 0.720. The Morgan fingerprint density at radius 3 is 2.86 bits per heavy atom. The van der Waals surface area contributed by atoms with Gasteiger partial charge < -0.3 is 15.7 Å². The molecule has 112 valence electrons. The van der Waals surface area contributed by atoms with E-state index in [0.29, 0.717) is 6.54 Å². The lowest BCUT2D eigenvalue weighted by Crippen LogP contribution is -2.44.